The number of hydrogen-bond donors (Lipinski definition) is 8. The fourth-order valence-corrected chi connectivity index (χ4v) is 4.13. The molecular weight excluding hydrogens is 536 g/mol. The molecular formula is C18H18O20. The maximum Gasteiger partial charge on any atom is 0.451 e. The van der Waals surface area contributed by atoms with Gasteiger partial charge in [-0.3, -0.25) is 19.2 Å². The van der Waals surface area contributed by atoms with E-state index in [1.807, 2.05) is 0 Å². The fraction of sp³-hybridized carbons (Fsp3) is 0.667. The Hall–Kier alpha value is -3.50. The van der Waals surface area contributed by atoms with E-state index in [9.17, 15) is 69.6 Å². The standard InChI is InChI=1S/C18H18O20/c19-5-14(28)15(29)16(30,34-7(21)2-12(26,10(24)37-15)1-6(20)33-14)17(31)18(32)36-9(23)4-13(27,11(25)38-18)3-8(22)35-17/h19,26-32H,1-5H2/t12?,13?,14-,15+,16+,17+,18?/m0/s1. The first-order valence-electron chi connectivity index (χ1n) is 10.2. The van der Waals surface area contributed by atoms with E-state index < -0.39 is 108 Å². The highest BCUT2D eigenvalue weighted by atomic mass is 16.9. The minimum absolute atomic E-state index is 1.44. The van der Waals surface area contributed by atoms with E-state index in [1.54, 1.807) is 0 Å². The van der Waals surface area contributed by atoms with Gasteiger partial charge in [-0.2, -0.15) is 0 Å². The van der Waals surface area contributed by atoms with Crippen molar-refractivity contribution in [1.29, 1.82) is 0 Å². The molecule has 210 valence electrons. The summed E-state index contributed by atoms with van der Waals surface area (Å²) >= 11 is 0. The Morgan fingerprint density at radius 1 is 0.500 bits per heavy atom. The average molecular weight is 554 g/mol. The number of hydrogen-bond acceptors (Lipinski definition) is 20. The van der Waals surface area contributed by atoms with Crippen LogP contribution in [-0.4, -0.2) is 124 Å². The van der Waals surface area contributed by atoms with Crippen LogP contribution in [0.5, 0.6) is 0 Å². The molecule has 0 aromatic carbocycles. The summed E-state index contributed by atoms with van der Waals surface area (Å²) in [5.41, 5.74) is -6.34. The van der Waals surface area contributed by atoms with Gasteiger partial charge in [-0.05, 0) is 0 Å². The Bertz CT molecular complexity index is 1170. The highest BCUT2D eigenvalue weighted by Gasteiger charge is 2.89. The van der Waals surface area contributed by atoms with E-state index in [0.717, 1.165) is 0 Å². The van der Waals surface area contributed by atoms with Gasteiger partial charge in [0.05, 0.1) is 25.7 Å². The van der Waals surface area contributed by atoms with Gasteiger partial charge >= 0.3 is 64.9 Å². The van der Waals surface area contributed by atoms with Gasteiger partial charge in [-0.1, -0.05) is 0 Å². The zero-order valence-electron chi connectivity index (χ0n) is 18.5. The largest absolute Gasteiger partial charge is 0.451 e. The van der Waals surface area contributed by atoms with Crippen LogP contribution in [0.25, 0.3) is 0 Å². The van der Waals surface area contributed by atoms with Crippen molar-refractivity contribution in [2.45, 2.75) is 66.0 Å². The van der Waals surface area contributed by atoms with Crippen molar-refractivity contribution in [3.63, 3.8) is 0 Å². The van der Waals surface area contributed by atoms with Crippen LogP contribution in [0.15, 0.2) is 0 Å². The topological polar surface area (TPSA) is 320 Å². The van der Waals surface area contributed by atoms with Gasteiger partial charge in [0.1, 0.15) is 6.61 Å². The first kappa shape index (κ1) is 27.5. The van der Waals surface area contributed by atoms with Crippen LogP contribution >= 0.6 is 0 Å². The summed E-state index contributed by atoms with van der Waals surface area (Å²) in [6.45, 7) is -2.11. The lowest BCUT2D eigenvalue weighted by Gasteiger charge is -2.55. The van der Waals surface area contributed by atoms with Crippen molar-refractivity contribution in [3.05, 3.63) is 0 Å². The summed E-state index contributed by atoms with van der Waals surface area (Å²) < 4.78 is 26.4. The summed E-state index contributed by atoms with van der Waals surface area (Å²) in [6, 6.07) is 0. The lowest BCUT2D eigenvalue weighted by atomic mass is 9.84. The van der Waals surface area contributed by atoms with E-state index in [1.165, 1.54) is 0 Å². The summed E-state index contributed by atoms with van der Waals surface area (Å²) in [7, 11) is 0. The van der Waals surface area contributed by atoms with Crippen LogP contribution < -0.4 is 0 Å². The van der Waals surface area contributed by atoms with Crippen molar-refractivity contribution >= 4 is 35.8 Å². The molecule has 0 aromatic heterocycles. The maximum absolute atomic E-state index is 12.7. The molecule has 0 saturated carbocycles. The molecule has 4 rings (SSSR count). The van der Waals surface area contributed by atoms with Crippen LogP contribution in [-0.2, 0) is 57.2 Å². The van der Waals surface area contributed by atoms with Gasteiger partial charge in [-0.15, -0.1) is 0 Å². The van der Waals surface area contributed by atoms with Gasteiger partial charge < -0.3 is 69.3 Å². The molecule has 0 radical (unpaired) electrons. The predicted octanol–water partition coefficient (Wildman–Crippen LogP) is -7.28. The zero-order valence-corrected chi connectivity index (χ0v) is 18.5. The average Bonchev–Trinajstić information content (AvgIpc) is 2.81. The van der Waals surface area contributed by atoms with Gasteiger partial charge in [0.15, 0.2) is 11.2 Å². The smallest absolute Gasteiger partial charge is 0.423 e. The number of rotatable bonds is 2. The van der Waals surface area contributed by atoms with E-state index >= 15 is 0 Å². The minimum Gasteiger partial charge on any atom is -0.423 e. The summed E-state index contributed by atoms with van der Waals surface area (Å²) in [5.74, 6) is -35.8. The molecule has 4 aliphatic rings. The molecule has 7 atom stereocenters. The summed E-state index contributed by atoms with van der Waals surface area (Å²) in [5, 5.41) is 86.3. The molecule has 4 fully saturated rings. The quantitative estimate of drug-likeness (QED) is 0.116. The highest BCUT2D eigenvalue weighted by Crippen LogP contribution is 2.52. The Balaban J connectivity index is 2.05. The number of cyclic esters (lactones) is 3. The molecule has 8 N–H and O–H groups in total. The Kier molecular flexibility index (Phi) is 5.63. The first-order valence-corrected chi connectivity index (χ1v) is 10.2. The first-order chi connectivity index (χ1) is 17.2. The molecule has 0 aromatic rings. The van der Waals surface area contributed by atoms with Gasteiger partial charge in [0, 0.05) is 0 Å². The molecule has 4 aliphatic heterocycles. The Labute approximate surface area is 207 Å². The van der Waals surface area contributed by atoms with E-state index in [2.05, 4.69) is 28.4 Å². The third-order valence-corrected chi connectivity index (χ3v) is 6.13. The second-order valence-electron chi connectivity index (χ2n) is 8.90. The predicted molar refractivity (Wildman–Crippen MR) is 96.8 cm³/mol. The second-order valence-corrected chi connectivity index (χ2v) is 8.90. The lowest BCUT2D eigenvalue weighted by molar-refractivity contribution is -0.560. The molecule has 0 aliphatic carbocycles. The number of aliphatic hydroxyl groups excluding tert-OH is 1. The van der Waals surface area contributed by atoms with Crippen molar-refractivity contribution in [2.24, 2.45) is 0 Å². The summed E-state index contributed by atoms with van der Waals surface area (Å²) in [4.78, 5) is 74.9. The lowest BCUT2D eigenvalue weighted by Crippen LogP contribution is -2.87. The number of carbonyl (C=O) groups excluding carboxylic acids is 6. The van der Waals surface area contributed by atoms with Crippen LogP contribution in [0.1, 0.15) is 25.7 Å². The van der Waals surface area contributed by atoms with Crippen molar-refractivity contribution < 1.29 is 98.0 Å². The van der Waals surface area contributed by atoms with Crippen LogP contribution in [0.4, 0.5) is 0 Å². The van der Waals surface area contributed by atoms with Crippen LogP contribution in [0.3, 0.4) is 0 Å². The third-order valence-electron chi connectivity index (χ3n) is 6.13. The number of fused-ring (bicyclic) bond motifs is 6. The van der Waals surface area contributed by atoms with Gasteiger partial charge in [0.25, 0.3) is 0 Å². The van der Waals surface area contributed by atoms with E-state index in [0.29, 0.717) is 0 Å². The molecule has 20 nitrogen and oxygen atoms in total. The molecule has 0 spiro atoms. The van der Waals surface area contributed by atoms with Crippen LogP contribution in [0.2, 0.25) is 0 Å². The van der Waals surface area contributed by atoms with Crippen molar-refractivity contribution in [1.82, 2.24) is 0 Å². The third kappa shape index (κ3) is 3.39. The highest BCUT2D eigenvalue weighted by molar-refractivity contribution is 5.93. The molecule has 4 saturated heterocycles. The van der Waals surface area contributed by atoms with E-state index in [-0.39, 0.29) is 0 Å². The maximum atomic E-state index is 12.7. The summed E-state index contributed by atoms with van der Waals surface area (Å²) in [6.07, 6.45) is -6.17. The number of carbonyl (C=O) groups is 6. The molecule has 38 heavy (non-hydrogen) atoms. The Morgan fingerprint density at radius 3 is 1.37 bits per heavy atom. The van der Waals surface area contributed by atoms with Crippen molar-refractivity contribution in [2.75, 3.05) is 6.61 Å². The number of esters is 6. The monoisotopic (exact) mass is 554 g/mol. The molecule has 20 heteroatoms. The SMILES string of the molecule is O=C1CC2(O)CC(=O)O[C@](O)([C@]3(O)OC(=O)CC4(O)CC(=O)O[C@@](O)(CO)[C@@]3(O)OC4=O)C(O)(O1)OC2=O. The number of aliphatic hydroxyl groups is 8. The normalized spacial score (nSPS) is 47.4. The minimum atomic E-state index is -4.99. The molecule has 3 unspecified atom stereocenters. The molecule has 4 bridgehead atoms. The van der Waals surface area contributed by atoms with Gasteiger partial charge in [0.2, 0.25) is 0 Å². The van der Waals surface area contributed by atoms with E-state index in [4.69, 9.17) is 0 Å². The second kappa shape index (κ2) is 7.77. The van der Waals surface area contributed by atoms with Crippen molar-refractivity contribution in [3.8, 4) is 0 Å². The van der Waals surface area contributed by atoms with Gasteiger partial charge in [-0.25, -0.2) is 9.59 Å². The Morgan fingerprint density at radius 2 is 0.895 bits per heavy atom. The van der Waals surface area contributed by atoms with Crippen LogP contribution in [0, 0.1) is 0 Å². The molecule has 0 amide bonds. The zero-order chi connectivity index (χ0) is 28.7. The molecule has 4 heterocycles. The number of ether oxygens (including phenoxy) is 6. The fourth-order valence-electron chi connectivity index (χ4n) is 4.13.